The highest BCUT2D eigenvalue weighted by Gasteiger charge is 2.31. The predicted molar refractivity (Wildman–Crippen MR) is 62.3 cm³/mol. The van der Waals surface area contributed by atoms with Crippen LogP contribution in [0, 0.1) is 23.2 Å². The number of nitriles is 1. The molecule has 3 atom stereocenters. The second kappa shape index (κ2) is 6.97. The third-order valence-corrected chi connectivity index (χ3v) is 3.04. The number of ether oxygens (including phenoxy) is 2. The highest BCUT2D eigenvalue weighted by molar-refractivity contribution is 5.86. The first-order chi connectivity index (χ1) is 8.60. The number of carbonyl (C=O) groups excluding carboxylic acids is 2. The van der Waals surface area contributed by atoms with E-state index in [-0.39, 0.29) is 24.2 Å². The van der Waals surface area contributed by atoms with Crippen LogP contribution in [0.4, 0.5) is 0 Å². The molecule has 1 N–H and O–H groups in total. The monoisotopic (exact) mass is 254 g/mol. The summed E-state index contributed by atoms with van der Waals surface area (Å²) < 4.78 is 9.77. The van der Waals surface area contributed by atoms with Crippen molar-refractivity contribution in [2.45, 2.75) is 25.8 Å². The molecule has 1 aliphatic rings. The largest absolute Gasteiger partial charge is 0.467 e. The molecular weight excluding hydrogens is 236 g/mol. The molecular formula is C12H18N2O4. The third kappa shape index (κ3) is 3.70. The number of carbonyl (C=O) groups is 2. The van der Waals surface area contributed by atoms with Crippen LogP contribution in [0.15, 0.2) is 0 Å². The second-order valence-corrected chi connectivity index (χ2v) is 4.41. The first-order valence-electron chi connectivity index (χ1n) is 5.93. The van der Waals surface area contributed by atoms with E-state index in [0.717, 1.165) is 0 Å². The zero-order valence-corrected chi connectivity index (χ0v) is 10.6. The Bertz CT molecular complexity index is 344. The average Bonchev–Trinajstić information content (AvgIpc) is 2.88. The Morgan fingerprint density at radius 3 is 2.83 bits per heavy atom. The van der Waals surface area contributed by atoms with Gasteiger partial charge < -0.3 is 14.8 Å². The quantitative estimate of drug-likeness (QED) is 0.709. The van der Waals surface area contributed by atoms with E-state index in [1.54, 1.807) is 6.92 Å². The van der Waals surface area contributed by atoms with Crippen LogP contribution in [0.5, 0.6) is 0 Å². The molecule has 0 aromatic heterocycles. The molecule has 1 heterocycles. The predicted octanol–water partition coefficient (Wildman–Crippen LogP) is 0.230. The molecule has 1 amide bonds. The van der Waals surface area contributed by atoms with E-state index < -0.39 is 12.0 Å². The minimum Gasteiger partial charge on any atom is -0.467 e. The van der Waals surface area contributed by atoms with Crippen LogP contribution >= 0.6 is 0 Å². The lowest BCUT2D eigenvalue weighted by Gasteiger charge is -2.22. The molecule has 0 spiro atoms. The summed E-state index contributed by atoms with van der Waals surface area (Å²) in [6, 6.07) is 1.21. The van der Waals surface area contributed by atoms with Crippen LogP contribution in [-0.4, -0.2) is 38.2 Å². The van der Waals surface area contributed by atoms with Gasteiger partial charge in [-0.2, -0.15) is 5.26 Å². The normalized spacial score (nSPS) is 21.7. The summed E-state index contributed by atoms with van der Waals surface area (Å²) in [6.07, 6.45) is 0.841. The van der Waals surface area contributed by atoms with Crippen molar-refractivity contribution in [3.05, 3.63) is 0 Å². The number of rotatable bonds is 5. The summed E-state index contributed by atoms with van der Waals surface area (Å²) in [5.41, 5.74) is 0. The van der Waals surface area contributed by atoms with E-state index in [1.165, 1.54) is 7.11 Å². The Morgan fingerprint density at radius 1 is 1.61 bits per heavy atom. The molecule has 0 bridgehead atoms. The van der Waals surface area contributed by atoms with E-state index in [1.807, 2.05) is 6.07 Å². The zero-order chi connectivity index (χ0) is 13.5. The lowest BCUT2D eigenvalue weighted by atomic mass is 9.97. The van der Waals surface area contributed by atoms with Crippen LogP contribution in [0.2, 0.25) is 0 Å². The molecule has 1 aliphatic heterocycles. The molecule has 0 unspecified atom stereocenters. The van der Waals surface area contributed by atoms with Gasteiger partial charge in [-0.25, -0.2) is 4.79 Å². The fourth-order valence-electron chi connectivity index (χ4n) is 1.83. The maximum absolute atomic E-state index is 11.9. The molecule has 1 fully saturated rings. The Morgan fingerprint density at radius 2 is 2.33 bits per heavy atom. The SMILES string of the molecule is COC(=O)[C@H](NC(=O)[C@@H]1CCOC1)[C@H](C)CC#N. The number of methoxy groups -OCH3 is 1. The maximum atomic E-state index is 11.9. The van der Waals surface area contributed by atoms with E-state index >= 15 is 0 Å². The maximum Gasteiger partial charge on any atom is 0.328 e. The Hall–Kier alpha value is -1.61. The van der Waals surface area contributed by atoms with Crippen molar-refractivity contribution >= 4 is 11.9 Å². The Balaban J connectivity index is 2.62. The first-order valence-corrected chi connectivity index (χ1v) is 5.93. The minimum atomic E-state index is -0.775. The summed E-state index contributed by atoms with van der Waals surface area (Å²) in [6.45, 7) is 2.68. The Kier molecular flexibility index (Phi) is 5.59. The number of esters is 1. The van der Waals surface area contributed by atoms with Gasteiger partial charge in [-0.05, 0) is 6.42 Å². The molecule has 0 radical (unpaired) electrons. The molecule has 6 heteroatoms. The van der Waals surface area contributed by atoms with Crippen LogP contribution in [0.1, 0.15) is 19.8 Å². The van der Waals surface area contributed by atoms with Crippen LogP contribution in [-0.2, 0) is 19.1 Å². The molecule has 0 aliphatic carbocycles. The third-order valence-electron chi connectivity index (χ3n) is 3.04. The molecule has 18 heavy (non-hydrogen) atoms. The van der Waals surface area contributed by atoms with E-state index in [9.17, 15) is 9.59 Å². The molecule has 1 saturated heterocycles. The van der Waals surface area contributed by atoms with Crippen molar-refractivity contribution in [1.82, 2.24) is 5.32 Å². The number of amides is 1. The van der Waals surface area contributed by atoms with Gasteiger partial charge in [-0.3, -0.25) is 4.79 Å². The van der Waals surface area contributed by atoms with E-state index in [0.29, 0.717) is 19.6 Å². The molecule has 1 rings (SSSR count). The fourth-order valence-corrected chi connectivity index (χ4v) is 1.83. The fraction of sp³-hybridized carbons (Fsp3) is 0.750. The van der Waals surface area contributed by atoms with Crippen LogP contribution < -0.4 is 5.32 Å². The van der Waals surface area contributed by atoms with Gasteiger partial charge in [0.05, 0.1) is 25.7 Å². The summed E-state index contributed by atoms with van der Waals surface area (Å²) in [7, 11) is 1.26. The van der Waals surface area contributed by atoms with Crippen molar-refractivity contribution < 1.29 is 19.1 Å². The van der Waals surface area contributed by atoms with E-state index in [4.69, 9.17) is 10.00 Å². The highest BCUT2D eigenvalue weighted by Crippen LogP contribution is 2.15. The Labute approximate surface area is 106 Å². The molecule has 0 aromatic rings. The summed E-state index contributed by atoms with van der Waals surface area (Å²) in [5.74, 6) is -1.24. The van der Waals surface area contributed by atoms with E-state index in [2.05, 4.69) is 10.1 Å². The minimum absolute atomic E-state index is 0.182. The second-order valence-electron chi connectivity index (χ2n) is 4.41. The van der Waals surface area contributed by atoms with Gasteiger partial charge in [-0.1, -0.05) is 6.92 Å². The summed E-state index contributed by atoms with van der Waals surface area (Å²) in [4.78, 5) is 23.5. The number of hydrogen-bond acceptors (Lipinski definition) is 5. The number of nitrogens with one attached hydrogen (secondary N) is 1. The zero-order valence-electron chi connectivity index (χ0n) is 10.6. The standard InChI is InChI=1S/C12H18N2O4/c1-8(3-5-13)10(12(16)17-2)14-11(15)9-4-6-18-7-9/h8-10H,3-4,6-7H2,1-2H3,(H,14,15)/t8-,9-,10-/m1/s1. The van der Waals surface area contributed by atoms with Gasteiger partial charge in [0.1, 0.15) is 6.04 Å². The molecule has 6 nitrogen and oxygen atoms in total. The van der Waals surface area contributed by atoms with Crippen molar-refractivity contribution in [2.75, 3.05) is 20.3 Å². The van der Waals surface area contributed by atoms with Crippen LogP contribution in [0.3, 0.4) is 0 Å². The average molecular weight is 254 g/mol. The van der Waals surface area contributed by atoms with Gasteiger partial charge in [0.25, 0.3) is 0 Å². The lowest BCUT2D eigenvalue weighted by Crippen LogP contribution is -2.48. The lowest BCUT2D eigenvalue weighted by molar-refractivity contribution is -0.147. The van der Waals surface area contributed by atoms with Crippen molar-refractivity contribution in [3.63, 3.8) is 0 Å². The number of nitrogens with zero attached hydrogens (tertiary/aromatic N) is 1. The topological polar surface area (TPSA) is 88.4 Å². The highest BCUT2D eigenvalue weighted by atomic mass is 16.5. The molecule has 0 saturated carbocycles. The first kappa shape index (κ1) is 14.5. The van der Waals surface area contributed by atoms with Crippen molar-refractivity contribution in [1.29, 1.82) is 5.26 Å². The molecule has 0 aromatic carbocycles. The van der Waals surface area contributed by atoms with Crippen LogP contribution in [0.25, 0.3) is 0 Å². The molecule has 100 valence electrons. The number of hydrogen-bond donors (Lipinski definition) is 1. The van der Waals surface area contributed by atoms with Gasteiger partial charge in [0, 0.05) is 18.9 Å². The smallest absolute Gasteiger partial charge is 0.328 e. The summed E-state index contributed by atoms with van der Waals surface area (Å²) in [5, 5.41) is 11.3. The van der Waals surface area contributed by atoms with Gasteiger partial charge in [0.2, 0.25) is 5.91 Å². The van der Waals surface area contributed by atoms with Gasteiger partial charge >= 0.3 is 5.97 Å². The van der Waals surface area contributed by atoms with Crippen molar-refractivity contribution in [3.8, 4) is 6.07 Å². The van der Waals surface area contributed by atoms with Gasteiger partial charge in [-0.15, -0.1) is 0 Å². The summed E-state index contributed by atoms with van der Waals surface area (Å²) >= 11 is 0. The van der Waals surface area contributed by atoms with Crippen molar-refractivity contribution in [2.24, 2.45) is 11.8 Å². The van der Waals surface area contributed by atoms with Gasteiger partial charge in [0.15, 0.2) is 0 Å².